The van der Waals surface area contributed by atoms with Crippen LogP contribution in [-0.2, 0) is 9.09 Å². The third kappa shape index (κ3) is 5.79. The average Bonchev–Trinajstić information content (AvgIpc) is 2.25. The van der Waals surface area contributed by atoms with Gasteiger partial charge in [-0.3, -0.25) is 4.57 Å². The van der Waals surface area contributed by atoms with E-state index >= 15 is 0 Å². The van der Waals surface area contributed by atoms with Crippen LogP contribution in [0.5, 0.6) is 0 Å². The lowest BCUT2D eigenvalue weighted by Crippen LogP contribution is -2.39. The zero-order valence-corrected chi connectivity index (χ0v) is 16.3. The van der Waals surface area contributed by atoms with Crippen LogP contribution < -0.4 is 5.09 Å². The number of hydrogen-bond acceptors (Lipinski definition) is 2. The van der Waals surface area contributed by atoms with E-state index in [-0.39, 0.29) is 11.6 Å². The summed E-state index contributed by atoms with van der Waals surface area (Å²) in [6, 6.07) is 0. The van der Waals surface area contributed by atoms with Crippen molar-refractivity contribution in [2.24, 2.45) is 17.8 Å². The molecule has 3 nitrogen and oxygen atoms in total. The summed E-state index contributed by atoms with van der Waals surface area (Å²) in [5, 5.41) is 3.56. The van der Waals surface area contributed by atoms with Crippen molar-refractivity contribution in [1.82, 2.24) is 5.09 Å². The molecule has 1 aliphatic rings. The van der Waals surface area contributed by atoms with Gasteiger partial charge in [0.25, 0.3) is 7.52 Å². The van der Waals surface area contributed by atoms with Crippen LogP contribution in [0.3, 0.4) is 0 Å². The first-order valence-corrected chi connectivity index (χ1v) is 10.6. The highest BCUT2D eigenvalue weighted by Crippen LogP contribution is 2.51. The molecule has 0 amide bonds. The highest BCUT2D eigenvalue weighted by atomic mass is 79.9. The molecule has 20 heavy (non-hydrogen) atoms. The summed E-state index contributed by atoms with van der Waals surface area (Å²) in [6.45, 7) is 12.8. The van der Waals surface area contributed by atoms with Crippen molar-refractivity contribution >= 4 is 23.4 Å². The largest absolute Gasteiger partial charge is 0.313 e. The van der Waals surface area contributed by atoms with Gasteiger partial charge in [-0.2, -0.15) is 0 Å². The molecule has 4 unspecified atom stereocenters. The Kier molecular flexibility index (Phi) is 6.78. The first kappa shape index (κ1) is 18.7. The molecule has 1 fully saturated rings. The van der Waals surface area contributed by atoms with Gasteiger partial charge in [0.2, 0.25) is 0 Å². The summed E-state index contributed by atoms with van der Waals surface area (Å²) in [5.41, 5.74) is -0.211. The number of halogens is 1. The topological polar surface area (TPSA) is 38.3 Å². The summed E-state index contributed by atoms with van der Waals surface area (Å²) < 4.78 is 19.1. The summed E-state index contributed by atoms with van der Waals surface area (Å²) in [7, 11) is -2.83. The number of rotatable bonds is 5. The van der Waals surface area contributed by atoms with Gasteiger partial charge in [-0.05, 0) is 51.4 Å². The average molecular weight is 368 g/mol. The quantitative estimate of drug-likeness (QED) is 0.522. The Morgan fingerprint density at radius 3 is 2.40 bits per heavy atom. The molecule has 0 saturated heterocycles. The smallest absolute Gasteiger partial charge is 0.280 e. The molecule has 0 aromatic carbocycles. The first-order valence-electron chi connectivity index (χ1n) is 7.69. The van der Waals surface area contributed by atoms with Crippen molar-refractivity contribution in [2.45, 2.75) is 72.4 Å². The molecule has 1 rings (SSSR count). The number of alkyl halides is 1. The van der Waals surface area contributed by atoms with Gasteiger partial charge in [0.05, 0.1) is 11.2 Å². The molecular formula is C15H31BrNO2P. The molecule has 0 radical (unpaired) electrons. The van der Waals surface area contributed by atoms with E-state index in [0.29, 0.717) is 22.8 Å². The first-order chi connectivity index (χ1) is 9.06. The second-order valence-corrected chi connectivity index (χ2v) is 11.1. The van der Waals surface area contributed by atoms with Crippen molar-refractivity contribution in [3.8, 4) is 0 Å². The molecule has 1 saturated carbocycles. The molecular weight excluding hydrogens is 337 g/mol. The highest BCUT2D eigenvalue weighted by Gasteiger charge is 2.37. The molecule has 1 N–H and O–H groups in total. The van der Waals surface area contributed by atoms with Crippen molar-refractivity contribution in [3.05, 3.63) is 0 Å². The standard InChI is InChI=1S/C15H31BrNO2P/c1-11(2)13-8-7-12(3)9-14(13)19-20(18,10-16)17-15(4,5)6/h11-14H,7-10H2,1-6H3,(H,17,18). The Morgan fingerprint density at radius 2 is 1.95 bits per heavy atom. The lowest BCUT2D eigenvalue weighted by Gasteiger charge is -2.39. The van der Waals surface area contributed by atoms with Gasteiger partial charge in [0, 0.05) is 5.54 Å². The highest BCUT2D eigenvalue weighted by molar-refractivity contribution is 9.10. The molecule has 0 heterocycles. The van der Waals surface area contributed by atoms with Crippen LogP contribution in [-0.4, -0.2) is 16.7 Å². The van der Waals surface area contributed by atoms with E-state index < -0.39 is 7.52 Å². The zero-order chi connectivity index (χ0) is 15.6. The van der Waals surface area contributed by atoms with Crippen molar-refractivity contribution in [2.75, 3.05) is 5.07 Å². The molecule has 0 bridgehead atoms. The molecule has 0 aromatic rings. The Morgan fingerprint density at radius 1 is 1.35 bits per heavy atom. The number of hydrogen-bond donors (Lipinski definition) is 1. The second kappa shape index (κ2) is 7.26. The van der Waals surface area contributed by atoms with E-state index in [4.69, 9.17) is 4.52 Å². The van der Waals surface area contributed by atoms with Crippen LogP contribution in [0.4, 0.5) is 0 Å². The Labute approximate surface area is 133 Å². The summed E-state index contributed by atoms with van der Waals surface area (Å²) >= 11 is 3.37. The van der Waals surface area contributed by atoms with E-state index in [1.54, 1.807) is 0 Å². The lowest BCUT2D eigenvalue weighted by atomic mass is 9.75. The Hall–Kier alpha value is 0.630. The minimum absolute atomic E-state index is 0.108. The van der Waals surface area contributed by atoms with E-state index in [1.807, 2.05) is 20.8 Å². The maximum absolute atomic E-state index is 13.0. The van der Waals surface area contributed by atoms with Crippen LogP contribution in [0.25, 0.3) is 0 Å². The van der Waals surface area contributed by atoms with E-state index in [1.165, 1.54) is 12.8 Å². The van der Waals surface area contributed by atoms with E-state index in [0.717, 1.165) is 6.42 Å². The van der Waals surface area contributed by atoms with Gasteiger partial charge in [0.1, 0.15) is 0 Å². The maximum Gasteiger partial charge on any atom is 0.280 e. The molecule has 0 aliphatic heterocycles. The summed E-state index contributed by atoms with van der Waals surface area (Å²) in [6.07, 6.45) is 3.57. The minimum atomic E-state index is -2.83. The molecule has 5 heteroatoms. The minimum Gasteiger partial charge on any atom is -0.313 e. The summed E-state index contributed by atoms with van der Waals surface area (Å²) in [4.78, 5) is 0. The molecule has 0 spiro atoms. The van der Waals surface area contributed by atoms with Crippen LogP contribution in [0.1, 0.15) is 60.8 Å². The van der Waals surface area contributed by atoms with E-state index in [2.05, 4.69) is 41.8 Å². The number of nitrogens with one attached hydrogen (secondary N) is 1. The van der Waals surface area contributed by atoms with Crippen LogP contribution in [0.15, 0.2) is 0 Å². The zero-order valence-electron chi connectivity index (χ0n) is 13.8. The molecule has 0 aromatic heterocycles. The van der Waals surface area contributed by atoms with Crippen LogP contribution >= 0.6 is 23.4 Å². The predicted molar refractivity (Wildman–Crippen MR) is 90.5 cm³/mol. The van der Waals surface area contributed by atoms with Crippen molar-refractivity contribution < 1.29 is 9.09 Å². The van der Waals surface area contributed by atoms with Crippen LogP contribution in [0, 0.1) is 17.8 Å². The Bertz CT molecular complexity index is 354. The van der Waals surface area contributed by atoms with Gasteiger partial charge in [-0.15, -0.1) is 0 Å². The fraction of sp³-hybridized carbons (Fsp3) is 1.00. The predicted octanol–water partition coefficient (Wildman–Crippen LogP) is 5.40. The normalized spacial score (nSPS) is 31.3. The van der Waals surface area contributed by atoms with Gasteiger partial charge >= 0.3 is 0 Å². The van der Waals surface area contributed by atoms with E-state index in [9.17, 15) is 4.57 Å². The maximum atomic E-state index is 13.0. The van der Waals surface area contributed by atoms with Gasteiger partial charge < -0.3 is 4.52 Å². The van der Waals surface area contributed by atoms with Crippen molar-refractivity contribution in [1.29, 1.82) is 0 Å². The Balaban J connectivity index is 2.82. The van der Waals surface area contributed by atoms with Gasteiger partial charge in [-0.1, -0.05) is 43.1 Å². The summed E-state index contributed by atoms with van der Waals surface area (Å²) in [5.74, 6) is 1.75. The third-order valence-corrected chi connectivity index (χ3v) is 7.85. The fourth-order valence-electron chi connectivity index (χ4n) is 3.05. The lowest BCUT2D eigenvalue weighted by molar-refractivity contribution is 0.0462. The monoisotopic (exact) mass is 367 g/mol. The van der Waals surface area contributed by atoms with Crippen molar-refractivity contribution in [3.63, 3.8) is 0 Å². The second-order valence-electron chi connectivity index (χ2n) is 7.62. The molecule has 1 aliphatic carbocycles. The van der Waals surface area contributed by atoms with Gasteiger partial charge in [0.15, 0.2) is 0 Å². The van der Waals surface area contributed by atoms with Crippen LogP contribution in [0.2, 0.25) is 0 Å². The SMILES string of the molecule is CC1CCC(C(C)C)C(OP(=O)(CBr)NC(C)(C)C)C1. The third-order valence-electron chi connectivity index (χ3n) is 3.93. The fourth-order valence-corrected chi connectivity index (χ4v) is 5.65. The van der Waals surface area contributed by atoms with Gasteiger partial charge in [-0.25, -0.2) is 5.09 Å². The molecule has 120 valence electrons. The molecule has 4 atom stereocenters.